The number of pyridine rings is 1. The van der Waals surface area contributed by atoms with Gasteiger partial charge in [0.2, 0.25) is 11.8 Å². The van der Waals surface area contributed by atoms with E-state index in [1.807, 2.05) is 32.2 Å². The van der Waals surface area contributed by atoms with Crippen molar-refractivity contribution in [3.8, 4) is 23.1 Å². The molecular weight excluding hydrogens is 494 g/mol. The van der Waals surface area contributed by atoms with E-state index in [0.29, 0.717) is 51.0 Å². The molecule has 3 aliphatic heterocycles. The number of likely N-dealkylation sites (tertiary alicyclic amines) is 2. The lowest BCUT2D eigenvalue weighted by molar-refractivity contribution is -0.133. The van der Waals surface area contributed by atoms with Crippen LogP contribution in [0.2, 0.25) is 0 Å². The van der Waals surface area contributed by atoms with Crippen LogP contribution in [0.3, 0.4) is 0 Å². The number of carbonyl (C=O) groups is 2. The fourth-order valence-corrected chi connectivity index (χ4v) is 5.63. The van der Waals surface area contributed by atoms with Gasteiger partial charge in [-0.2, -0.15) is 5.26 Å². The van der Waals surface area contributed by atoms with Crippen molar-refractivity contribution in [2.45, 2.75) is 70.7 Å². The molecule has 2 aromatic rings. The first-order valence-corrected chi connectivity index (χ1v) is 14.0. The molecule has 2 amide bonds. The van der Waals surface area contributed by atoms with Gasteiger partial charge < -0.3 is 24.6 Å². The van der Waals surface area contributed by atoms with Gasteiger partial charge in [-0.3, -0.25) is 4.79 Å². The third kappa shape index (κ3) is 6.34. The first-order valence-electron chi connectivity index (χ1n) is 14.0. The molecule has 2 fully saturated rings. The quantitative estimate of drug-likeness (QED) is 0.602. The smallest absolute Gasteiger partial charge is 0.410 e. The third-order valence-corrected chi connectivity index (χ3v) is 7.90. The Balaban J connectivity index is 1.12. The van der Waals surface area contributed by atoms with Crippen LogP contribution in [0, 0.1) is 17.2 Å². The molecule has 0 radical (unpaired) electrons. The highest BCUT2D eigenvalue weighted by Crippen LogP contribution is 2.28. The molecule has 1 N–H and O–H groups in total. The monoisotopic (exact) mass is 531 g/mol. The molecule has 0 saturated carbocycles. The van der Waals surface area contributed by atoms with Crippen molar-refractivity contribution in [1.82, 2.24) is 20.1 Å². The predicted molar refractivity (Wildman–Crippen MR) is 146 cm³/mol. The number of hydrogen-bond acceptors (Lipinski definition) is 7. The summed E-state index contributed by atoms with van der Waals surface area (Å²) in [6.45, 7) is 6.97. The molecule has 0 bridgehead atoms. The van der Waals surface area contributed by atoms with Gasteiger partial charge >= 0.3 is 6.09 Å². The van der Waals surface area contributed by atoms with Crippen LogP contribution in [0.5, 0.6) is 5.88 Å². The largest absolute Gasteiger partial charge is 0.477 e. The molecule has 2 atom stereocenters. The van der Waals surface area contributed by atoms with E-state index in [1.165, 1.54) is 11.1 Å². The Morgan fingerprint density at radius 1 is 1.10 bits per heavy atom. The molecule has 0 spiro atoms. The molecule has 1 aromatic carbocycles. The van der Waals surface area contributed by atoms with Crippen molar-refractivity contribution in [2.75, 3.05) is 26.2 Å². The van der Waals surface area contributed by atoms with E-state index in [4.69, 9.17) is 9.47 Å². The standard InChI is InChI=1S/C30H37N5O4/c1-20(2)39-30(37)34-12-9-21(10-13-34)19-38-28-8-7-24(17-33-28)22-5-6-23-15-27(32-18-25(23)14-22)29(36)35-11-3-4-26(35)16-31/h5-8,14,17,20-21,26-27,32H,3-4,9-13,15,18-19H2,1-2H3. The zero-order chi connectivity index (χ0) is 27.4. The van der Waals surface area contributed by atoms with Crippen molar-refractivity contribution < 1.29 is 19.1 Å². The average molecular weight is 532 g/mol. The highest BCUT2D eigenvalue weighted by molar-refractivity contribution is 5.83. The van der Waals surface area contributed by atoms with Gasteiger partial charge in [-0.05, 0) is 80.7 Å². The fourth-order valence-electron chi connectivity index (χ4n) is 5.63. The Bertz CT molecular complexity index is 1220. The second-order valence-electron chi connectivity index (χ2n) is 11.0. The van der Waals surface area contributed by atoms with Gasteiger partial charge in [0.1, 0.15) is 6.04 Å². The maximum atomic E-state index is 13.0. The van der Waals surface area contributed by atoms with Crippen LogP contribution in [0.4, 0.5) is 4.79 Å². The fraction of sp³-hybridized carbons (Fsp3) is 0.533. The second kappa shape index (κ2) is 12.0. The van der Waals surface area contributed by atoms with Crippen molar-refractivity contribution in [3.05, 3.63) is 47.7 Å². The summed E-state index contributed by atoms with van der Waals surface area (Å²) < 4.78 is 11.3. The highest BCUT2D eigenvalue weighted by atomic mass is 16.6. The van der Waals surface area contributed by atoms with Gasteiger partial charge in [0.05, 0.1) is 24.8 Å². The number of nitriles is 1. The first-order chi connectivity index (χ1) is 18.9. The minimum Gasteiger partial charge on any atom is -0.477 e. The van der Waals surface area contributed by atoms with Crippen LogP contribution >= 0.6 is 0 Å². The lowest BCUT2D eigenvalue weighted by atomic mass is 9.92. The van der Waals surface area contributed by atoms with Gasteiger partial charge in [0, 0.05) is 44.0 Å². The molecule has 0 aliphatic carbocycles. The number of nitrogens with zero attached hydrogens (tertiary/aromatic N) is 4. The van der Waals surface area contributed by atoms with Gasteiger partial charge in [-0.15, -0.1) is 0 Å². The highest BCUT2D eigenvalue weighted by Gasteiger charge is 2.34. The molecule has 9 heteroatoms. The summed E-state index contributed by atoms with van der Waals surface area (Å²) in [5.74, 6) is 1.02. The summed E-state index contributed by atoms with van der Waals surface area (Å²) in [4.78, 5) is 33.1. The molecule has 2 unspecified atom stereocenters. The summed E-state index contributed by atoms with van der Waals surface area (Å²) in [5, 5.41) is 12.7. The molecule has 5 rings (SSSR count). The minimum absolute atomic E-state index is 0.0350. The van der Waals surface area contributed by atoms with Gasteiger partial charge in [0.25, 0.3) is 0 Å². The number of fused-ring (bicyclic) bond motifs is 1. The maximum Gasteiger partial charge on any atom is 0.410 e. The summed E-state index contributed by atoms with van der Waals surface area (Å²) in [6, 6.07) is 11.9. The number of piperidine rings is 1. The summed E-state index contributed by atoms with van der Waals surface area (Å²) in [6.07, 6.45) is 5.56. The molecular formula is C30H37N5O4. The zero-order valence-corrected chi connectivity index (χ0v) is 22.8. The average Bonchev–Trinajstić information content (AvgIpc) is 3.44. The van der Waals surface area contributed by atoms with Crippen LogP contribution in [0.1, 0.15) is 50.7 Å². The molecule has 4 heterocycles. The van der Waals surface area contributed by atoms with Crippen LogP contribution < -0.4 is 10.1 Å². The van der Waals surface area contributed by atoms with Crippen molar-refractivity contribution in [1.29, 1.82) is 5.26 Å². The second-order valence-corrected chi connectivity index (χ2v) is 11.0. The maximum absolute atomic E-state index is 13.0. The molecule has 39 heavy (non-hydrogen) atoms. The van der Waals surface area contributed by atoms with Crippen molar-refractivity contribution in [3.63, 3.8) is 0 Å². The molecule has 1 aromatic heterocycles. The Hall–Kier alpha value is -3.64. The molecule has 2 saturated heterocycles. The number of amides is 2. The predicted octanol–water partition coefficient (Wildman–Crippen LogP) is 3.91. The Labute approximate surface area is 230 Å². The van der Waals surface area contributed by atoms with Crippen molar-refractivity contribution >= 4 is 12.0 Å². The number of hydrogen-bond donors (Lipinski definition) is 1. The van der Waals surface area contributed by atoms with Crippen LogP contribution in [0.15, 0.2) is 36.5 Å². The summed E-state index contributed by atoms with van der Waals surface area (Å²) in [7, 11) is 0. The minimum atomic E-state index is -0.295. The van der Waals surface area contributed by atoms with E-state index in [9.17, 15) is 14.9 Å². The van der Waals surface area contributed by atoms with Crippen molar-refractivity contribution in [2.24, 2.45) is 5.92 Å². The molecule has 3 aliphatic rings. The van der Waals surface area contributed by atoms with Gasteiger partial charge in [0.15, 0.2) is 0 Å². The van der Waals surface area contributed by atoms with E-state index in [2.05, 4.69) is 34.6 Å². The van der Waals surface area contributed by atoms with Gasteiger partial charge in [-0.1, -0.05) is 12.1 Å². The zero-order valence-electron chi connectivity index (χ0n) is 22.8. The number of nitrogens with one attached hydrogen (secondary N) is 1. The topological polar surface area (TPSA) is 108 Å². The first kappa shape index (κ1) is 26.9. The van der Waals surface area contributed by atoms with Gasteiger partial charge in [-0.25, -0.2) is 9.78 Å². The number of ether oxygens (including phenoxy) is 2. The number of aromatic nitrogens is 1. The molecule has 206 valence electrons. The molecule has 9 nitrogen and oxygen atoms in total. The van der Waals surface area contributed by atoms with E-state index in [-0.39, 0.29) is 30.2 Å². The number of rotatable bonds is 6. The SMILES string of the molecule is CC(C)OC(=O)N1CCC(COc2ccc(-c3ccc4c(c3)CNC(C(=O)N3CCCC3C#N)C4)cn2)CC1. The van der Waals surface area contributed by atoms with Crippen LogP contribution in [-0.2, 0) is 22.5 Å². The van der Waals surface area contributed by atoms with E-state index in [0.717, 1.165) is 36.8 Å². The summed E-state index contributed by atoms with van der Waals surface area (Å²) >= 11 is 0. The Morgan fingerprint density at radius 3 is 2.62 bits per heavy atom. The normalized spacial score (nSPS) is 21.4. The van der Waals surface area contributed by atoms with E-state index < -0.39 is 0 Å². The lowest BCUT2D eigenvalue weighted by Crippen LogP contribution is -2.50. The van der Waals surface area contributed by atoms with E-state index >= 15 is 0 Å². The lowest BCUT2D eigenvalue weighted by Gasteiger charge is -2.31. The summed E-state index contributed by atoms with van der Waals surface area (Å²) in [5.41, 5.74) is 4.43. The van der Waals surface area contributed by atoms with Crippen LogP contribution in [0.25, 0.3) is 11.1 Å². The Morgan fingerprint density at radius 2 is 1.90 bits per heavy atom. The Kier molecular flexibility index (Phi) is 8.32. The van der Waals surface area contributed by atoms with Crippen LogP contribution in [-0.4, -0.2) is 71.2 Å². The number of carbonyl (C=O) groups excluding carboxylic acids is 2. The van der Waals surface area contributed by atoms with E-state index in [1.54, 1.807) is 9.80 Å². The number of benzene rings is 1. The third-order valence-electron chi connectivity index (χ3n) is 7.90.